The summed E-state index contributed by atoms with van der Waals surface area (Å²) in [4.78, 5) is 38.1. The van der Waals surface area contributed by atoms with E-state index in [1.54, 1.807) is 27.2 Å². The number of methoxy groups -OCH3 is 1. The molecule has 0 radical (unpaired) electrons. The number of ether oxygens (including phenoxy) is 2. The molecule has 0 saturated heterocycles. The van der Waals surface area contributed by atoms with Gasteiger partial charge in [-0.15, -0.1) is 0 Å². The van der Waals surface area contributed by atoms with Crippen LogP contribution in [0.25, 0.3) is 44.9 Å². The molecule has 4 aliphatic rings. The maximum Gasteiger partial charge on any atom is 0.249 e. The topological polar surface area (TPSA) is 154 Å². The minimum absolute atomic E-state index is 0.121. The van der Waals surface area contributed by atoms with Gasteiger partial charge in [-0.3, -0.25) is 9.59 Å². The van der Waals surface area contributed by atoms with Crippen LogP contribution in [0.5, 0.6) is 5.75 Å². The normalized spacial score (nSPS) is 21.6. The largest absolute Gasteiger partial charge is 0.469 e. The standard InChI is InChI=1S/C44H43N5O7/c1-6-43(52,7-2)33(50)18-24-16-23-14-15-31-29(17-23)44-28-12-8-11-26(36(28)48-42(44)55-31)25-10-9-13-30-34(25)27(20-49(30)21-53-5)32-19-45-40(54-32)37-38(44)56-41(47-37)35(22(3)4)46-39(24)51/h8-15,17,19-20,22,24,35,42,48,52H,6-7,16,18,21H2,1-5H3,(H,46,51). The summed E-state index contributed by atoms with van der Waals surface area (Å²) in [6.07, 6.45) is 3.78. The van der Waals surface area contributed by atoms with Crippen molar-refractivity contribution in [2.45, 2.75) is 83.4 Å². The number of hydrogen-bond donors (Lipinski definition) is 3. The van der Waals surface area contributed by atoms with E-state index in [-0.39, 0.29) is 55.1 Å². The van der Waals surface area contributed by atoms with Crippen LogP contribution >= 0.6 is 0 Å². The number of aliphatic hydroxyl groups is 1. The van der Waals surface area contributed by atoms with Crippen molar-refractivity contribution in [3.63, 3.8) is 0 Å². The van der Waals surface area contributed by atoms with E-state index in [2.05, 4.69) is 57.7 Å². The highest BCUT2D eigenvalue weighted by Crippen LogP contribution is 2.61. The summed E-state index contributed by atoms with van der Waals surface area (Å²) in [6.45, 7) is 7.91. The molecule has 7 heterocycles. The first-order valence-electron chi connectivity index (χ1n) is 19.4. The molecule has 1 amide bonds. The number of Topliss-reactive ketones (excluding diaryl/α,β-unsaturated/α-hetero) is 1. The molecule has 3 aromatic heterocycles. The number of oxazole rings is 2. The average molecular weight is 754 g/mol. The molecule has 4 aliphatic heterocycles. The fourth-order valence-electron chi connectivity index (χ4n) is 9.44. The molecule has 10 bridgehead atoms. The molecular formula is C44H43N5O7. The maximum absolute atomic E-state index is 14.4. The summed E-state index contributed by atoms with van der Waals surface area (Å²) in [6, 6.07) is 17.8. The van der Waals surface area contributed by atoms with Gasteiger partial charge in [-0.2, -0.15) is 0 Å². The van der Waals surface area contributed by atoms with Crippen molar-refractivity contribution in [3.8, 4) is 39.8 Å². The minimum atomic E-state index is -1.51. The van der Waals surface area contributed by atoms with E-state index in [0.29, 0.717) is 29.7 Å². The van der Waals surface area contributed by atoms with Gasteiger partial charge in [0.15, 0.2) is 29.2 Å². The molecule has 4 atom stereocenters. The molecule has 3 N–H and O–H groups in total. The maximum atomic E-state index is 14.4. The van der Waals surface area contributed by atoms with Crippen LogP contribution in [0.3, 0.4) is 0 Å². The molecule has 286 valence electrons. The van der Waals surface area contributed by atoms with Gasteiger partial charge in [-0.25, -0.2) is 9.97 Å². The predicted octanol–water partition coefficient (Wildman–Crippen LogP) is 7.51. The van der Waals surface area contributed by atoms with Gasteiger partial charge in [0.25, 0.3) is 0 Å². The smallest absolute Gasteiger partial charge is 0.249 e. The Morgan fingerprint density at radius 3 is 2.64 bits per heavy atom. The summed E-state index contributed by atoms with van der Waals surface area (Å²) < 4.78 is 28.3. The zero-order valence-electron chi connectivity index (χ0n) is 31.9. The summed E-state index contributed by atoms with van der Waals surface area (Å²) >= 11 is 0. The first-order chi connectivity index (χ1) is 27.1. The lowest BCUT2D eigenvalue weighted by atomic mass is 9.72. The van der Waals surface area contributed by atoms with Gasteiger partial charge in [0.1, 0.15) is 29.5 Å². The number of hydrogen-bond acceptors (Lipinski definition) is 10. The van der Waals surface area contributed by atoms with Crippen molar-refractivity contribution >= 4 is 28.3 Å². The number of amides is 1. The van der Waals surface area contributed by atoms with Gasteiger partial charge in [-0.05, 0) is 48.4 Å². The first kappa shape index (κ1) is 34.7. The summed E-state index contributed by atoms with van der Waals surface area (Å²) in [5, 5.41) is 19.2. The van der Waals surface area contributed by atoms with Gasteiger partial charge < -0.3 is 38.6 Å². The molecule has 4 unspecified atom stereocenters. The number of aromatic nitrogens is 3. The monoisotopic (exact) mass is 753 g/mol. The number of carbonyl (C=O) groups excluding carboxylic acids is 2. The Kier molecular flexibility index (Phi) is 7.69. The van der Waals surface area contributed by atoms with Crippen LogP contribution in [-0.2, 0) is 32.9 Å². The van der Waals surface area contributed by atoms with Crippen molar-refractivity contribution in [3.05, 3.63) is 95.3 Å². The van der Waals surface area contributed by atoms with Crippen LogP contribution in [0.15, 0.2) is 75.8 Å². The minimum Gasteiger partial charge on any atom is -0.469 e. The number of para-hydroxylation sites is 1. The third-order valence-electron chi connectivity index (χ3n) is 12.5. The molecule has 0 saturated carbocycles. The third-order valence-corrected chi connectivity index (χ3v) is 12.5. The van der Waals surface area contributed by atoms with Crippen molar-refractivity contribution in [1.29, 1.82) is 0 Å². The van der Waals surface area contributed by atoms with Gasteiger partial charge in [0.05, 0.1) is 11.7 Å². The molecule has 6 aromatic rings. The lowest BCUT2D eigenvalue weighted by Crippen LogP contribution is -2.43. The van der Waals surface area contributed by atoms with E-state index in [1.807, 2.05) is 32.2 Å². The van der Waals surface area contributed by atoms with Crippen LogP contribution in [-0.4, -0.2) is 50.3 Å². The Morgan fingerprint density at radius 1 is 1.05 bits per heavy atom. The average Bonchev–Trinajstić information content (AvgIpc) is 4.02. The highest BCUT2D eigenvalue weighted by Gasteiger charge is 2.61. The van der Waals surface area contributed by atoms with E-state index in [4.69, 9.17) is 28.3 Å². The third kappa shape index (κ3) is 4.72. The molecule has 10 rings (SSSR count). The molecule has 0 fully saturated rings. The van der Waals surface area contributed by atoms with E-state index >= 15 is 0 Å². The van der Waals surface area contributed by atoms with Crippen molar-refractivity contribution < 1.29 is 33.0 Å². The van der Waals surface area contributed by atoms with Gasteiger partial charge >= 0.3 is 0 Å². The zero-order valence-corrected chi connectivity index (χ0v) is 31.9. The Bertz CT molecular complexity index is 2590. The number of nitrogens with zero attached hydrogens (tertiary/aromatic N) is 3. The van der Waals surface area contributed by atoms with Crippen LogP contribution < -0.4 is 15.4 Å². The fourth-order valence-corrected chi connectivity index (χ4v) is 9.44. The second kappa shape index (κ2) is 12.4. The Morgan fingerprint density at radius 2 is 1.86 bits per heavy atom. The van der Waals surface area contributed by atoms with Crippen LogP contribution in [0.1, 0.15) is 81.3 Å². The molecule has 12 nitrogen and oxygen atoms in total. The quantitative estimate of drug-likeness (QED) is 0.142. The van der Waals surface area contributed by atoms with Gasteiger partial charge in [0.2, 0.25) is 17.7 Å². The number of anilines is 1. The molecular weight excluding hydrogens is 711 g/mol. The summed E-state index contributed by atoms with van der Waals surface area (Å²) in [5.41, 5.74) is 5.17. The van der Waals surface area contributed by atoms with Crippen LogP contribution in [0.2, 0.25) is 0 Å². The van der Waals surface area contributed by atoms with E-state index in [1.165, 1.54) is 0 Å². The lowest BCUT2D eigenvalue weighted by molar-refractivity contribution is -0.141. The van der Waals surface area contributed by atoms with E-state index in [0.717, 1.165) is 50.0 Å². The zero-order chi connectivity index (χ0) is 38.7. The second-order valence-corrected chi connectivity index (χ2v) is 15.9. The van der Waals surface area contributed by atoms with Gasteiger partial charge in [-0.1, -0.05) is 70.2 Å². The molecule has 0 aliphatic carbocycles. The first-order valence-corrected chi connectivity index (χ1v) is 19.4. The molecule has 56 heavy (non-hydrogen) atoms. The summed E-state index contributed by atoms with van der Waals surface area (Å²) in [5.74, 6) is 0.673. The van der Waals surface area contributed by atoms with Crippen molar-refractivity contribution in [2.75, 3.05) is 12.4 Å². The second-order valence-electron chi connectivity index (χ2n) is 15.9. The number of nitrogens with one attached hydrogen (secondary N) is 2. The molecule has 3 aromatic carbocycles. The Hall–Kier alpha value is -5.72. The van der Waals surface area contributed by atoms with Gasteiger partial charge in [0, 0.05) is 59.0 Å². The van der Waals surface area contributed by atoms with E-state index < -0.39 is 29.2 Å². The lowest BCUT2D eigenvalue weighted by Gasteiger charge is -2.29. The van der Waals surface area contributed by atoms with Crippen molar-refractivity contribution in [1.82, 2.24) is 19.9 Å². The van der Waals surface area contributed by atoms with Crippen LogP contribution in [0.4, 0.5) is 5.69 Å². The Labute approximate surface area is 323 Å². The Balaban J connectivity index is 1.27. The number of carbonyl (C=O) groups is 2. The fraction of sp³-hybridized carbons (Fsp3) is 0.364. The number of rotatable bonds is 8. The molecule has 12 heteroatoms. The van der Waals surface area contributed by atoms with Crippen molar-refractivity contribution in [2.24, 2.45) is 11.8 Å². The SMILES string of the molecule is CCC(O)(CC)C(=O)CC1Cc2ccc3c(c2)C24c5cccc(c5NC2O3)-c2cccc3c2c(cn3COC)-c2cnc(o2)-c2nc(oc24)C(C(C)C)NC1=O. The predicted molar refractivity (Wildman–Crippen MR) is 208 cm³/mol. The number of ketones is 1. The number of fused-ring (bicyclic) bond motifs is 7. The molecule has 1 spiro atoms. The van der Waals surface area contributed by atoms with E-state index in [9.17, 15) is 14.7 Å². The highest BCUT2D eigenvalue weighted by molar-refractivity contribution is 6.08. The summed E-state index contributed by atoms with van der Waals surface area (Å²) in [7, 11) is 1.67. The van der Waals surface area contributed by atoms with Crippen LogP contribution in [0, 0.1) is 11.8 Å². The highest BCUT2D eigenvalue weighted by atomic mass is 16.5. The number of benzene rings is 3.